The Balaban J connectivity index is 0.000000427. The molecule has 8 heteroatoms. The van der Waals surface area contributed by atoms with Crippen LogP contribution in [0.25, 0.3) is 27.3 Å². The largest absolute Gasteiger partial charge is 0.126 e. The van der Waals surface area contributed by atoms with E-state index in [0.717, 1.165) is 9.52 Å². The van der Waals surface area contributed by atoms with Gasteiger partial charge in [-0.15, -0.1) is 39.7 Å². The minimum atomic E-state index is -1.56. The first-order chi connectivity index (χ1) is 13.2. The van der Waals surface area contributed by atoms with Crippen LogP contribution in [0.4, 0.5) is 0 Å². The SMILES string of the molecule is C[Si](C)(C)OCC([NH-])=O.C[Si]C.[Cl][Zr+2][Cl].c1ccc2c(c1)[cH-]c1ccccc12. The zero-order valence-electron chi connectivity index (χ0n) is 17.0. The van der Waals surface area contributed by atoms with Gasteiger partial charge in [-0.2, -0.15) is 0 Å². The van der Waals surface area contributed by atoms with E-state index in [1.165, 1.54) is 21.5 Å². The summed E-state index contributed by atoms with van der Waals surface area (Å²) in [4.78, 5) is 10.1. The molecule has 0 bridgehead atoms. The summed E-state index contributed by atoms with van der Waals surface area (Å²) in [6.07, 6.45) is 0. The Morgan fingerprint density at radius 1 is 1.04 bits per heavy atom. The molecule has 3 rings (SSSR count). The van der Waals surface area contributed by atoms with Gasteiger partial charge >= 0.3 is 37.9 Å². The number of halogens is 2. The van der Waals surface area contributed by atoms with E-state index < -0.39 is 35.1 Å². The van der Waals surface area contributed by atoms with Crippen molar-refractivity contribution in [1.82, 2.24) is 0 Å². The molecule has 0 aromatic heterocycles. The topological polar surface area (TPSA) is 50.1 Å². The molecular formula is C20H27Cl2NO2Si2Zr. The predicted octanol–water partition coefficient (Wildman–Crippen LogP) is 7.29. The quantitative estimate of drug-likeness (QED) is 0.263. The summed E-state index contributed by atoms with van der Waals surface area (Å²) in [6, 6.07) is 19.3. The van der Waals surface area contributed by atoms with Gasteiger partial charge in [0.05, 0.1) is 12.5 Å². The normalized spacial score (nSPS) is 9.82. The van der Waals surface area contributed by atoms with Crippen LogP contribution in [-0.4, -0.2) is 30.4 Å². The summed E-state index contributed by atoms with van der Waals surface area (Å²) < 4.78 is 5.09. The van der Waals surface area contributed by atoms with Crippen molar-refractivity contribution in [2.75, 3.05) is 6.61 Å². The maximum absolute atomic E-state index is 10.1. The van der Waals surface area contributed by atoms with Crippen LogP contribution >= 0.6 is 17.0 Å². The van der Waals surface area contributed by atoms with Crippen LogP contribution in [0.3, 0.4) is 0 Å². The van der Waals surface area contributed by atoms with Crippen molar-refractivity contribution in [3.05, 3.63) is 60.3 Å². The van der Waals surface area contributed by atoms with Gasteiger partial charge in [-0.25, -0.2) is 0 Å². The van der Waals surface area contributed by atoms with E-state index in [0.29, 0.717) is 0 Å². The number of carbonyl (C=O) groups excluding carboxylic acids is 1. The average Bonchev–Trinajstić information content (AvgIpc) is 3.00. The van der Waals surface area contributed by atoms with Gasteiger partial charge in [-0.05, 0) is 19.6 Å². The molecule has 0 unspecified atom stereocenters. The summed E-state index contributed by atoms with van der Waals surface area (Å²) in [6.45, 7) is 10.2. The minimum absolute atomic E-state index is 0.0459. The molecule has 0 aliphatic heterocycles. The Morgan fingerprint density at radius 3 is 1.68 bits per heavy atom. The average molecular weight is 532 g/mol. The molecule has 0 aliphatic carbocycles. The van der Waals surface area contributed by atoms with E-state index in [2.05, 4.69) is 67.7 Å². The molecule has 0 heterocycles. The molecule has 1 N–H and O–H groups in total. The maximum atomic E-state index is 10.1. The number of fused-ring (bicyclic) bond motifs is 3. The first-order valence-corrected chi connectivity index (χ1v) is 20.4. The first-order valence-electron chi connectivity index (χ1n) is 8.66. The summed E-state index contributed by atoms with van der Waals surface area (Å²) in [7, 11) is 9.39. The van der Waals surface area contributed by atoms with Crippen molar-refractivity contribution >= 4 is 62.3 Å². The molecule has 0 aliphatic rings. The second-order valence-corrected chi connectivity index (χ2v) is 16.0. The first kappa shape index (κ1) is 27.6. The Hall–Kier alpha value is -0.363. The number of nitrogens with one attached hydrogen (secondary N) is 1. The zero-order valence-corrected chi connectivity index (χ0v) is 22.9. The Morgan fingerprint density at radius 2 is 1.39 bits per heavy atom. The van der Waals surface area contributed by atoms with Gasteiger partial charge < -0.3 is 15.0 Å². The second-order valence-electron chi connectivity index (χ2n) is 6.71. The molecule has 0 atom stereocenters. The predicted molar refractivity (Wildman–Crippen MR) is 125 cm³/mol. The number of benzene rings is 2. The summed E-state index contributed by atoms with van der Waals surface area (Å²) >= 11 is -0.826. The van der Waals surface area contributed by atoms with Gasteiger partial charge in [0, 0.05) is 9.52 Å². The van der Waals surface area contributed by atoms with Gasteiger partial charge in [-0.3, -0.25) is 0 Å². The number of hydrogen-bond donors (Lipinski definition) is 0. The van der Waals surface area contributed by atoms with Crippen molar-refractivity contribution in [3.8, 4) is 0 Å². The van der Waals surface area contributed by atoms with Crippen LogP contribution in [0.1, 0.15) is 0 Å². The van der Waals surface area contributed by atoms with E-state index in [1.807, 2.05) is 19.6 Å². The molecule has 0 fully saturated rings. The molecule has 28 heavy (non-hydrogen) atoms. The minimum Gasteiger partial charge on any atom is -0.126 e. The molecule has 3 nitrogen and oxygen atoms in total. The molecule has 0 spiro atoms. The molecule has 150 valence electrons. The molecule has 1 amide bonds. The van der Waals surface area contributed by atoms with Gasteiger partial charge in [0.15, 0.2) is 8.32 Å². The molecule has 0 saturated heterocycles. The van der Waals surface area contributed by atoms with Gasteiger partial charge in [0.1, 0.15) is 0 Å². The standard InChI is InChI=1S/C13H9.C5H13NO2Si.C2H6Si.2ClH.Zr/c1-3-7-12-10(5-1)9-11-6-2-4-8-13(11)12;1-9(2,3)8-4-5(6)7;1-3-2;;;/h1-9H;4H2,1-3H3,(H2,6,7);1-2H3;2*1H;/q-1;;;;;+4/p-3. The maximum Gasteiger partial charge on any atom is -0.0771 e. The number of carbonyl (C=O) groups is 1. The van der Waals surface area contributed by atoms with E-state index in [-0.39, 0.29) is 6.61 Å². The fourth-order valence-corrected chi connectivity index (χ4v) is 2.75. The van der Waals surface area contributed by atoms with Gasteiger partial charge in [0.2, 0.25) is 0 Å². The van der Waals surface area contributed by atoms with Crippen LogP contribution in [0.5, 0.6) is 0 Å². The smallest absolute Gasteiger partial charge is 0.0771 e. The van der Waals surface area contributed by atoms with E-state index in [9.17, 15) is 4.79 Å². The number of amides is 1. The summed E-state index contributed by atoms with van der Waals surface area (Å²) in [5, 5.41) is 5.39. The fraction of sp³-hybridized carbons (Fsp3) is 0.300. The van der Waals surface area contributed by atoms with Crippen molar-refractivity contribution in [2.24, 2.45) is 0 Å². The number of rotatable bonds is 3. The zero-order chi connectivity index (χ0) is 21.6. The molecule has 2 radical (unpaired) electrons. The third-order valence-electron chi connectivity index (χ3n) is 3.16. The molecule has 3 aromatic rings. The van der Waals surface area contributed by atoms with Crippen LogP contribution in [0, 0.1) is 0 Å². The molecule has 3 aromatic carbocycles. The van der Waals surface area contributed by atoms with Gasteiger partial charge in [-0.1, -0.05) is 49.5 Å². The third kappa shape index (κ3) is 12.3. The Kier molecular flexibility index (Phi) is 15.3. The van der Waals surface area contributed by atoms with Crippen LogP contribution in [-0.2, 0) is 30.1 Å². The van der Waals surface area contributed by atoms with E-state index in [4.69, 9.17) is 27.2 Å². The van der Waals surface area contributed by atoms with Crippen LogP contribution in [0.2, 0.25) is 32.7 Å². The number of hydrogen-bond acceptors (Lipinski definition) is 2. The molecular weight excluding hydrogens is 505 g/mol. The van der Waals surface area contributed by atoms with Crippen LogP contribution < -0.4 is 0 Å². The summed E-state index contributed by atoms with van der Waals surface area (Å²) in [5.41, 5.74) is 6.52. The fourth-order valence-electron chi connectivity index (χ4n) is 2.19. The van der Waals surface area contributed by atoms with E-state index >= 15 is 0 Å². The van der Waals surface area contributed by atoms with Crippen LogP contribution in [0.15, 0.2) is 54.6 Å². The second kappa shape index (κ2) is 15.5. The van der Waals surface area contributed by atoms with Crippen molar-refractivity contribution < 1.29 is 30.1 Å². The van der Waals surface area contributed by atoms with E-state index in [1.54, 1.807) is 0 Å². The van der Waals surface area contributed by atoms with Crippen molar-refractivity contribution in [1.29, 1.82) is 0 Å². The molecule has 0 saturated carbocycles. The van der Waals surface area contributed by atoms with Gasteiger partial charge in [0.25, 0.3) is 0 Å². The monoisotopic (exact) mass is 529 g/mol. The Bertz CT molecular complexity index is 770. The van der Waals surface area contributed by atoms with Crippen molar-refractivity contribution in [3.63, 3.8) is 0 Å². The third-order valence-corrected chi connectivity index (χ3v) is 4.17. The Labute approximate surface area is 190 Å². The van der Waals surface area contributed by atoms with Crippen molar-refractivity contribution in [2.45, 2.75) is 32.7 Å². The summed E-state index contributed by atoms with van der Waals surface area (Å²) in [5.74, 6) is -0.641.